The summed E-state index contributed by atoms with van der Waals surface area (Å²) in [7, 11) is -2.61. The molecule has 3 aromatic carbocycles. The smallest absolute Gasteiger partial charge is 0.264 e. The minimum atomic E-state index is -4.11. The molecule has 0 aliphatic rings. The van der Waals surface area contributed by atoms with Crippen molar-refractivity contribution in [2.45, 2.75) is 37.8 Å². The van der Waals surface area contributed by atoms with Crippen molar-refractivity contribution in [3.63, 3.8) is 0 Å². The van der Waals surface area contributed by atoms with E-state index in [0.29, 0.717) is 22.7 Å². The van der Waals surface area contributed by atoms with E-state index in [0.717, 1.165) is 14.3 Å². The number of sulfonamides is 1. The summed E-state index contributed by atoms with van der Waals surface area (Å²) in [6.07, 6.45) is 0.332. The van der Waals surface area contributed by atoms with Crippen LogP contribution in [0.25, 0.3) is 0 Å². The molecule has 0 heterocycles. The molecule has 3 aromatic rings. The summed E-state index contributed by atoms with van der Waals surface area (Å²) in [5.41, 5.74) is 1.88. The van der Waals surface area contributed by atoms with E-state index in [-0.39, 0.29) is 17.3 Å². The molecular formula is C27H29BrClN3O4S. The molecule has 0 aliphatic carbocycles. The summed E-state index contributed by atoms with van der Waals surface area (Å²) in [5, 5.41) is 3.05. The van der Waals surface area contributed by atoms with Gasteiger partial charge in [0.2, 0.25) is 11.8 Å². The third-order valence-corrected chi connectivity index (χ3v) is 8.62. The number of carbonyl (C=O) groups is 2. The van der Waals surface area contributed by atoms with Crippen molar-refractivity contribution in [1.82, 2.24) is 10.2 Å². The summed E-state index contributed by atoms with van der Waals surface area (Å²) >= 11 is 9.73. The molecule has 0 aromatic heterocycles. The summed E-state index contributed by atoms with van der Waals surface area (Å²) in [4.78, 5) is 28.0. The summed E-state index contributed by atoms with van der Waals surface area (Å²) in [6, 6.07) is 19.3. The Morgan fingerprint density at radius 1 is 1.00 bits per heavy atom. The van der Waals surface area contributed by atoms with E-state index in [9.17, 15) is 18.0 Å². The molecule has 196 valence electrons. The summed E-state index contributed by atoms with van der Waals surface area (Å²) in [5.74, 6) is -0.881. The van der Waals surface area contributed by atoms with Crippen LogP contribution < -0.4 is 9.62 Å². The first-order valence-electron chi connectivity index (χ1n) is 11.7. The van der Waals surface area contributed by atoms with Crippen molar-refractivity contribution in [1.29, 1.82) is 0 Å². The largest absolute Gasteiger partial charge is 0.357 e. The lowest BCUT2D eigenvalue weighted by Crippen LogP contribution is -2.51. The van der Waals surface area contributed by atoms with Crippen LogP contribution in [0.2, 0.25) is 5.02 Å². The minimum Gasteiger partial charge on any atom is -0.357 e. The van der Waals surface area contributed by atoms with Crippen molar-refractivity contribution in [2.75, 3.05) is 17.9 Å². The van der Waals surface area contributed by atoms with E-state index < -0.39 is 28.5 Å². The molecule has 0 spiro atoms. The lowest BCUT2D eigenvalue weighted by Gasteiger charge is -2.33. The number of nitrogens with one attached hydrogen (secondary N) is 1. The molecule has 0 bridgehead atoms. The average Bonchev–Trinajstić information content (AvgIpc) is 2.88. The highest BCUT2D eigenvalue weighted by Crippen LogP contribution is 2.27. The molecule has 0 radical (unpaired) electrons. The van der Waals surface area contributed by atoms with Crippen LogP contribution in [0, 0.1) is 6.92 Å². The van der Waals surface area contributed by atoms with E-state index in [2.05, 4.69) is 21.2 Å². The van der Waals surface area contributed by atoms with Crippen LogP contribution in [0.1, 0.15) is 24.5 Å². The topological polar surface area (TPSA) is 86.8 Å². The monoisotopic (exact) mass is 605 g/mol. The number of aryl methyl sites for hydroxylation is 1. The molecule has 0 fully saturated rings. The van der Waals surface area contributed by atoms with Gasteiger partial charge in [0.15, 0.2) is 0 Å². The second kappa shape index (κ2) is 12.6. The second-order valence-corrected chi connectivity index (χ2v) is 11.6. The van der Waals surface area contributed by atoms with Gasteiger partial charge in [0.05, 0.1) is 10.6 Å². The predicted octanol–water partition coefficient (Wildman–Crippen LogP) is 5.16. The summed E-state index contributed by atoms with van der Waals surface area (Å²) < 4.78 is 29.4. The molecule has 2 amide bonds. The maximum atomic E-state index is 13.8. The van der Waals surface area contributed by atoms with Crippen molar-refractivity contribution in [3.8, 4) is 0 Å². The van der Waals surface area contributed by atoms with E-state index in [1.165, 1.54) is 24.1 Å². The number of hydrogen-bond acceptors (Lipinski definition) is 4. The highest BCUT2D eigenvalue weighted by Gasteiger charge is 2.33. The Morgan fingerprint density at radius 3 is 2.19 bits per heavy atom. The quantitative estimate of drug-likeness (QED) is 0.346. The van der Waals surface area contributed by atoms with Crippen LogP contribution >= 0.6 is 27.5 Å². The van der Waals surface area contributed by atoms with Gasteiger partial charge in [0.25, 0.3) is 10.0 Å². The van der Waals surface area contributed by atoms with Gasteiger partial charge in [-0.2, -0.15) is 0 Å². The highest BCUT2D eigenvalue weighted by molar-refractivity contribution is 9.10. The fourth-order valence-electron chi connectivity index (χ4n) is 3.87. The zero-order valence-electron chi connectivity index (χ0n) is 20.8. The van der Waals surface area contributed by atoms with Crippen molar-refractivity contribution < 1.29 is 18.0 Å². The molecule has 0 saturated heterocycles. The van der Waals surface area contributed by atoms with Gasteiger partial charge in [-0.05, 0) is 61.4 Å². The van der Waals surface area contributed by atoms with Crippen LogP contribution in [0.5, 0.6) is 0 Å². The SMILES string of the molecule is CC[C@H](C(=O)NC)N(Cc1ccccc1Cl)C(=O)CN(c1ccc(Br)cc1)S(=O)(=O)c1ccc(C)cc1. The zero-order chi connectivity index (χ0) is 27.2. The first-order chi connectivity index (χ1) is 17.6. The lowest BCUT2D eigenvalue weighted by molar-refractivity contribution is -0.140. The van der Waals surface area contributed by atoms with Gasteiger partial charge in [-0.25, -0.2) is 8.42 Å². The van der Waals surface area contributed by atoms with Gasteiger partial charge in [-0.3, -0.25) is 13.9 Å². The van der Waals surface area contributed by atoms with Crippen molar-refractivity contribution >= 4 is 55.1 Å². The molecule has 1 atom stereocenters. The summed E-state index contributed by atoms with van der Waals surface area (Å²) in [6.45, 7) is 3.20. The Morgan fingerprint density at radius 2 is 1.62 bits per heavy atom. The third-order valence-electron chi connectivity index (χ3n) is 5.93. The Balaban J connectivity index is 2.06. The molecular weight excluding hydrogens is 578 g/mol. The van der Waals surface area contributed by atoms with Crippen LogP contribution in [-0.2, 0) is 26.2 Å². The van der Waals surface area contributed by atoms with Crippen LogP contribution in [0.4, 0.5) is 5.69 Å². The molecule has 1 N–H and O–H groups in total. The first kappa shape index (κ1) is 28.7. The highest BCUT2D eigenvalue weighted by atomic mass is 79.9. The van der Waals surface area contributed by atoms with Gasteiger partial charge >= 0.3 is 0 Å². The normalized spacial score (nSPS) is 12.0. The van der Waals surface area contributed by atoms with Crippen molar-refractivity contribution in [3.05, 3.63) is 93.4 Å². The number of rotatable bonds is 10. The fraction of sp³-hybridized carbons (Fsp3) is 0.259. The zero-order valence-corrected chi connectivity index (χ0v) is 24.0. The second-order valence-electron chi connectivity index (χ2n) is 8.45. The van der Waals surface area contributed by atoms with Crippen LogP contribution in [0.15, 0.2) is 82.2 Å². The van der Waals surface area contributed by atoms with Gasteiger partial charge in [0.1, 0.15) is 12.6 Å². The Bertz CT molecular complexity index is 1350. The number of benzene rings is 3. The number of halogens is 2. The predicted molar refractivity (Wildman–Crippen MR) is 150 cm³/mol. The van der Waals surface area contributed by atoms with E-state index in [1.807, 2.05) is 6.92 Å². The molecule has 3 rings (SSSR count). The number of hydrogen-bond donors (Lipinski definition) is 1. The molecule has 0 aliphatic heterocycles. The van der Waals surface area contributed by atoms with Gasteiger partial charge in [-0.1, -0.05) is 70.3 Å². The number of likely N-dealkylation sites (N-methyl/N-ethyl adjacent to an activating group) is 1. The van der Waals surface area contributed by atoms with Crippen LogP contribution in [-0.4, -0.2) is 44.8 Å². The lowest BCUT2D eigenvalue weighted by atomic mass is 10.1. The van der Waals surface area contributed by atoms with Crippen LogP contribution in [0.3, 0.4) is 0 Å². The van der Waals surface area contributed by atoms with Gasteiger partial charge < -0.3 is 10.2 Å². The van der Waals surface area contributed by atoms with E-state index in [4.69, 9.17) is 11.6 Å². The molecule has 7 nitrogen and oxygen atoms in total. The fourth-order valence-corrected chi connectivity index (χ4v) is 5.74. The number of nitrogens with zero attached hydrogens (tertiary/aromatic N) is 2. The van der Waals surface area contributed by atoms with E-state index in [1.54, 1.807) is 67.6 Å². The maximum absolute atomic E-state index is 13.8. The third kappa shape index (κ3) is 6.91. The first-order valence-corrected chi connectivity index (χ1v) is 14.3. The number of carbonyl (C=O) groups excluding carboxylic acids is 2. The number of amides is 2. The molecule has 0 unspecified atom stereocenters. The molecule has 0 saturated carbocycles. The maximum Gasteiger partial charge on any atom is 0.264 e. The van der Waals surface area contributed by atoms with Gasteiger partial charge in [0, 0.05) is 23.1 Å². The Kier molecular flexibility index (Phi) is 9.75. The Labute approximate surface area is 231 Å². The van der Waals surface area contributed by atoms with E-state index >= 15 is 0 Å². The molecule has 37 heavy (non-hydrogen) atoms. The number of anilines is 1. The molecule has 10 heteroatoms. The minimum absolute atomic E-state index is 0.0448. The average molecular weight is 607 g/mol. The Hall–Kier alpha value is -2.88. The standard InChI is InChI=1S/C27H29BrClN3O4S/c1-4-25(27(34)30-3)31(17-20-7-5-6-8-24(20)29)26(33)18-32(22-13-11-21(28)12-14-22)37(35,36)23-15-9-19(2)10-16-23/h5-16,25H,4,17-18H2,1-3H3,(H,30,34)/t25-/m1/s1. The van der Waals surface area contributed by atoms with Crippen molar-refractivity contribution in [2.24, 2.45) is 0 Å². The van der Waals surface area contributed by atoms with Gasteiger partial charge in [-0.15, -0.1) is 0 Å².